The third kappa shape index (κ3) is 4.35. The second-order valence-corrected chi connectivity index (χ2v) is 6.88. The van der Waals surface area contributed by atoms with Gasteiger partial charge in [-0.25, -0.2) is 4.58 Å². The number of carbonyl (C=O) groups excluding carboxylic acids is 1. The summed E-state index contributed by atoms with van der Waals surface area (Å²) in [5.74, 6) is -0.199. The molecule has 1 aliphatic heterocycles. The maximum Gasteiger partial charge on any atom is 0.257 e. The number of nitrogens with one attached hydrogen (secondary N) is 3. The maximum absolute atomic E-state index is 12.6. The Balaban J connectivity index is 1.36. The number of aromatic nitrogens is 2. The second kappa shape index (κ2) is 8.02. The van der Waals surface area contributed by atoms with Crippen LogP contribution in [0.5, 0.6) is 0 Å². The minimum absolute atomic E-state index is 0.0381. The molecule has 3 heterocycles. The zero-order chi connectivity index (χ0) is 20.2. The predicted molar refractivity (Wildman–Crippen MR) is 115 cm³/mol. The first-order chi connectivity index (χ1) is 14.1. The third-order valence-corrected chi connectivity index (χ3v) is 4.61. The molecule has 1 unspecified atom stereocenters. The first-order valence-electron chi connectivity index (χ1n) is 9.33. The van der Waals surface area contributed by atoms with Crippen molar-refractivity contribution in [2.24, 2.45) is 0 Å². The molecule has 3 aromatic rings. The van der Waals surface area contributed by atoms with Crippen molar-refractivity contribution in [3.63, 3.8) is 0 Å². The van der Waals surface area contributed by atoms with Gasteiger partial charge >= 0.3 is 0 Å². The molecule has 0 spiro atoms. The minimum atomic E-state index is -0.199. The molecule has 146 valence electrons. The number of carbonyl (C=O) groups is 1. The van der Waals surface area contributed by atoms with Crippen LogP contribution in [0, 0.1) is 0 Å². The van der Waals surface area contributed by atoms with Crippen LogP contribution >= 0.6 is 0 Å². The maximum atomic E-state index is 12.6. The predicted octanol–water partition coefficient (Wildman–Crippen LogP) is 3.88. The van der Waals surface area contributed by atoms with Gasteiger partial charge in [-0.2, -0.15) is 6.20 Å². The number of aromatic amines is 1. The summed E-state index contributed by atoms with van der Waals surface area (Å²) in [5.41, 5.74) is 4.95. The topological polar surface area (TPSA) is 86.9 Å². The van der Waals surface area contributed by atoms with Crippen molar-refractivity contribution in [1.29, 1.82) is 0 Å². The number of benzene rings is 1. The molecule has 29 heavy (non-hydrogen) atoms. The molecule has 0 aliphatic carbocycles. The van der Waals surface area contributed by atoms with Gasteiger partial charge in [0.2, 0.25) is 0 Å². The van der Waals surface area contributed by atoms with Gasteiger partial charge in [0.1, 0.15) is 7.05 Å². The number of fused-ring (bicyclic) bond motifs is 1. The molecule has 2 aromatic heterocycles. The van der Waals surface area contributed by atoms with Crippen LogP contribution in [0.15, 0.2) is 73.1 Å². The third-order valence-electron chi connectivity index (χ3n) is 4.61. The summed E-state index contributed by atoms with van der Waals surface area (Å²) in [5, 5.41) is 10.6. The Morgan fingerprint density at radius 1 is 1.31 bits per heavy atom. The summed E-state index contributed by atoms with van der Waals surface area (Å²) in [7, 11) is 1.97. The van der Waals surface area contributed by atoms with Crippen molar-refractivity contribution in [2.75, 3.05) is 12.4 Å². The highest BCUT2D eigenvalue weighted by molar-refractivity contribution is 6.05. The molecule has 0 saturated carbocycles. The molecular weight excluding hydrogens is 364 g/mol. The lowest BCUT2D eigenvalue weighted by Gasteiger charge is -2.26. The lowest BCUT2D eigenvalue weighted by molar-refractivity contribution is -0.429. The van der Waals surface area contributed by atoms with Gasteiger partial charge in [0, 0.05) is 18.1 Å². The van der Waals surface area contributed by atoms with Crippen LogP contribution < -0.4 is 10.6 Å². The number of pyridine rings is 1. The summed E-state index contributed by atoms with van der Waals surface area (Å²) in [6.45, 7) is 2.01. The van der Waals surface area contributed by atoms with Gasteiger partial charge < -0.3 is 20.9 Å². The lowest BCUT2D eigenvalue weighted by Crippen LogP contribution is -2.21. The van der Waals surface area contributed by atoms with Gasteiger partial charge in [-0.05, 0) is 30.5 Å². The van der Waals surface area contributed by atoms with Crippen LogP contribution in [0.4, 0.5) is 5.69 Å². The largest absolute Gasteiger partial charge is 0.683 e. The van der Waals surface area contributed by atoms with Crippen LogP contribution in [0.2, 0.25) is 0 Å². The van der Waals surface area contributed by atoms with E-state index in [2.05, 4.69) is 25.9 Å². The van der Waals surface area contributed by atoms with Gasteiger partial charge in [-0.15, -0.1) is 0 Å². The average Bonchev–Trinajstić information content (AvgIpc) is 3.17. The highest BCUT2D eigenvalue weighted by Crippen LogP contribution is 2.24. The summed E-state index contributed by atoms with van der Waals surface area (Å²) in [6, 6.07) is 11.3. The molecule has 0 radical (unpaired) electrons. The van der Waals surface area contributed by atoms with E-state index in [-0.39, 0.29) is 11.9 Å². The van der Waals surface area contributed by atoms with E-state index in [1.54, 1.807) is 30.9 Å². The molecule has 0 saturated heterocycles. The number of hydrogen-bond acceptors (Lipinski definition) is 3. The van der Waals surface area contributed by atoms with Gasteiger partial charge in [0.15, 0.2) is 18.1 Å². The smallest absolute Gasteiger partial charge is 0.257 e. The van der Waals surface area contributed by atoms with Gasteiger partial charge in [-0.3, -0.25) is 9.78 Å². The molecule has 7 heteroatoms. The van der Waals surface area contributed by atoms with Gasteiger partial charge in [-0.1, -0.05) is 30.7 Å². The van der Waals surface area contributed by atoms with Crippen molar-refractivity contribution >= 4 is 28.8 Å². The molecule has 1 aliphatic rings. The van der Waals surface area contributed by atoms with Crippen molar-refractivity contribution < 1.29 is 9.37 Å². The van der Waals surface area contributed by atoms with Crippen molar-refractivity contribution in [3.8, 4) is 0 Å². The Labute approximate surface area is 168 Å². The van der Waals surface area contributed by atoms with E-state index < -0.39 is 0 Å². The SMILES string of the molecule is CC([N-]C=CNC1=C[N+](C)=C1)c1cccc(NC(=O)c2cnc3cc[nH]c3c2)c1. The Morgan fingerprint density at radius 3 is 3.00 bits per heavy atom. The average molecular weight is 386 g/mol. The van der Waals surface area contributed by atoms with E-state index in [4.69, 9.17) is 0 Å². The molecule has 4 rings (SSSR count). The number of H-pyrrole nitrogens is 1. The van der Waals surface area contributed by atoms with E-state index in [0.717, 1.165) is 28.0 Å². The van der Waals surface area contributed by atoms with Crippen LogP contribution in [-0.4, -0.2) is 33.7 Å². The highest BCUT2D eigenvalue weighted by Gasteiger charge is 2.10. The fraction of sp³-hybridized carbons (Fsp3) is 0.136. The molecular formula is C22H22N6O. The summed E-state index contributed by atoms with van der Waals surface area (Å²) >= 11 is 0. The molecule has 1 atom stereocenters. The van der Waals surface area contributed by atoms with E-state index in [1.807, 2.05) is 61.3 Å². The van der Waals surface area contributed by atoms with Crippen LogP contribution in [0.3, 0.4) is 0 Å². The van der Waals surface area contributed by atoms with Gasteiger partial charge in [0.25, 0.3) is 5.91 Å². The Hall–Kier alpha value is -3.87. The van der Waals surface area contributed by atoms with E-state index in [9.17, 15) is 4.79 Å². The quantitative estimate of drug-likeness (QED) is 0.539. The summed E-state index contributed by atoms with van der Waals surface area (Å²) < 4.78 is 1.97. The van der Waals surface area contributed by atoms with Gasteiger partial charge in [0.05, 0.1) is 16.6 Å². The number of amides is 1. The first kappa shape index (κ1) is 18.5. The van der Waals surface area contributed by atoms with Crippen molar-refractivity contribution in [2.45, 2.75) is 13.0 Å². The highest BCUT2D eigenvalue weighted by atomic mass is 16.1. The summed E-state index contributed by atoms with van der Waals surface area (Å²) in [4.78, 5) is 19.9. The molecule has 3 N–H and O–H groups in total. The van der Waals surface area contributed by atoms with E-state index in [0.29, 0.717) is 5.56 Å². The monoisotopic (exact) mass is 386 g/mol. The number of hydrogen-bond donors (Lipinski definition) is 3. The molecule has 7 nitrogen and oxygen atoms in total. The van der Waals surface area contributed by atoms with E-state index in [1.165, 1.54) is 0 Å². The zero-order valence-corrected chi connectivity index (χ0v) is 16.3. The molecule has 1 aromatic carbocycles. The van der Waals surface area contributed by atoms with Crippen LogP contribution in [-0.2, 0) is 0 Å². The summed E-state index contributed by atoms with van der Waals surface area (Å²) in [6.07, 6.45) is 10.9. The Kier molecular flexibility index (Phi) is 5.11. The van der Waals surface area contributed by atoms with Crippen LogP contribution in [0.1, 0.15) is 28.9 Å². The number of allylic oxidation sites excluding steroid dienone is 1. The zero-order valence-electron chi connectivity index (χ0n) is 16.3. The van der Waals surface area contributed by atoms with E-state index >= 15 is 0 Å². The fourth-order valence-corrected chi connectivity index (χ4v) is 3.03. The number of nitrogens with zero attached hydrogens (tertiary/aromatic N) is 3. The first-order valence-corrected chi connectivity index (χ1v) is 9.33. The number of rotatable bonds is 7. The lowest BCUT2D eigenvalue weighted by atomic mass is 10.1. The Bertz CT molecular complexity index is 1140. The fourth-order valence-electron chi connectivity index (χ4n) is 3.03. The second-order valence-electron chi connectivity index (χ2n) is 6.88. The minimum Gasteiger partial charge on any atom is -0.683 e. The van der Waals surface area contributed by atoms with Crippen molar-refractivity contribution in [3.05, 3.63) is 89.5 Å². The standard InChI is InChI=1S/C22H22N6O/c1-15(23-8-9-24-19-13-28(2)14-19)16-4-3-5-18(10-16)27-22(29)17-11-21-20(26-12-17)6-7-25-21/h3-15,24H,1-2H3,(H2,25,26,27,29). The normalized spacial score (nSPS) is 14.1. The molecule has 0 bridgehead atoms. The van der Waals surface area contributed by atoms with Crippen molar-refractivity contribution in [1.82, 2.24) is 15.3 Å². The van der Waals surface area contributed by atoms with Crippen LogP contribution in [0.25, 0.3) is 16.4 Å². The molecule has 0 fully saturated rings. The Morgan fingerprint density at radius 2 is 2.17 bits per heavy atom. The number of anilines is 1. The molecule has 1 amide bonds.